The van der Waals surface area contributed by atoms with Gasteiger partial charge in [-0.3, -0.25) is 9.58 Å². The first kappa shape index (κ1) is 21.3. The maximum absolute atomic E-state index is 12.7. The Balaban J connectivity index is 1.20. The van der Waals surface area contributed by atoms with E-state index in [-0.39, 0.29) is 17.6 Å². The molecule has 2 aliphatic carbocycles. The highest BCUT2D eigenvalue weighted by Gasteiger charge is 2.60. The minimum atomic E-state index is -2.95. The van der Waals surface area contributed by atoms with Gasteiger partial charge in [-0.1, -0.05) is 0 Å². The van der Waals surface area contributed by atoms with Crippen molar-refractivity contribution >= 4 is 5.82 Å². The molecule has 9 heteroatoms. The molecule has 2 saturated heterocycles. The van der Waals surface area contributed by atoms with Crippen molar-refractivity contribution in [3.63, 3.8) is 0 Å². The van der Waals surface area contributed by atoms with Crippen LogP contribution in [0.5, 0.6) is 5.75 Å². The number of pyridine rings is 1. The van der Waals surface area contributed by atoms with E-state index in [4.69, 9.17) is 10.8 Å². The number of aromatic nitrogens is 3. The van der Waals surface area contributed by atoms with Crippen molar-refractivity contribution in [3.8, 4) is 17.0 Å². The molecule has 2 bridgehead atoms. The number of alkyl halides is 2. The number of anilines is 1. The van der Waals surface area contributed by atoms with Gasteiger partial charge in [-0.25, -0.2) is 4.98 Å². The highest BCUT2D eigenvalue weighted by atomic mass is 19.3. The Morgan fingerprint density at radius 2 is 1.82 bits per heavy atom. The molecule has 2 N–H and O–H groups in total. The number of nitrogens with two attached hydrogens (primary N) is 1. The van der Waals surface area contributed by atoms with Gasteiger partial charge in [0, 0.05) is 60.6 Å². The third-order valence-corrected chi connectivity index (χ3v) is 8.43. The van der Waals surface area contributed by atoms with Crippen LogP contribution in [0.2, 0.25) is 0 Å². The first-order valence-corrected chi connectivity index (χ1v) is 12.1. The van der Waals surface area contributed by atoms with E-state index in [1.165, 1.54) is 44.1 Å². The fourth-order valence-electron chi connectivity index (χ4n) is 6.86. The number of rotatable bonds is 6. The lowest BCUT2D eigenvalue weighted by Crippen LogP contribution is -2.48. The number of fused-ring (bicyclic) bond motifs is 3. The van der Waals surface area contributed by atoms with E-state index >= 15 is 0 Å². The molecule has 2 aliphatic heterocycles. The molecule has 2 aromatic heterocycles. The monoisotopic (exact) mass is 458 g/mol. The molecule has 0 aromatic carbocycles. The first-order chi connectivity index (χ1) is 15.8. The lowest BCUT2D eigenvalue weighted by molar-refractivity contribution is -0.0494. The summed E-state index contributed by atoms with van der Waals surface area (Å²) in [5.74, 6) is 1.81. The van der Waals surface area contributed by atoms with Crippen LogP contribution in [0.4, 0.5) is 14.6 Å². The second-order valence-corrected chi connectivity index (χ2v) is 10.6. The van der Waals surface area contributed by atoms with Crippen LogP contribution < -0.4 is 10.5 Å². The number of halogens is 2. The van der Waals surface area contributed by atoms with E-state index in [0.717, 1.165) is 35.7 Å². The van der Waals surface area contributed by atoms with Crippen molar-refractivity contribution in [2.75, 3.05) is 25.9 Å². The van der Waals surface area contributed by atoms with Crippen molar-refractivity contribution < 1.29 is 13.5 Å². The Morgan fingerprint density at radius 1 is 1.06 bits per heavy atom. The van der Waals surface area contributed by atoms with Gasteiger partial charge < -0.3 is 15.4 Å². The van der Waals surface area contributed by atoms with Crippen molar-refractivity contribution in [2.45, 2.75) is 69.8 Å². The number of nitrogens with zero attached hydrogens (tertiary/aromatic N) is 5. The molecule has 2 aromatic rings. The zero-order valence-corrected chi connectivity index (χ0v) is 19.4. The zero-order chi connectivity index (χ0) is 23.0. The van der Waals surface area contributed by atoms with Crippen LogP contribution in [0, 0.1) is 11.8 Å². The smallest absolute Gasteiger partial charge is 0.387 e. The van der Waals surface area contributed by atoms with Gasteiger partial charge in [0.15, 0.2) is 11.6 Å². The van der Waals surface area contributed by atoms with Crippen LogP contribution in [-0.4, -0.2) is 69.4 Å². The number of likely N-dealkylation sites (N-methyl/N-ethyl adjacent to an activating group) is 1. The summed E-state index contributed by atoms with van der Waals surface area (Å²) in [5, 5.41) is 4.83. The Labute approximate surface area is 192 Å². The Morgan fingerprint density at radius 3 is 2.42 bits per heavy atom. The molecule has 0 amide bonds. The molecule has 178 valence electrons. The summed E-state index contributed by atoms with van der Waals surface area (Å²) in [7, 11) is 2.26. The van der Waals surface area contributed by atoms with E-state index in [1.807, 2.05) is 0 Å². The van der Waals surface area contributed by atoms with E-state index < -0.39 is 6.61 Å². The summed E-state index contributed by atoms with van der Waals surface area (Å²) in [4.78, 5) is 9.36. The molecular formula is C24H32F2N6O. The van der Waals surface area contributed by atoms with Gasteiger partial charge in [-0.15, -0.1) is 0 Å². The van der Waals surface area contributed by atoms with Crippen LogP contribution in [0.15, 0.2) is 18.3 Å². The number of nitrogen functional groups attached to an aromatic ring is 1. The predicted octanol–water partition coefficient (Wildman–Crippen LogP) is 3.59. The number of piperazine rings is 1. The van der Waals surface area contributed by atoms with Crippen LogP contribution in [0.1, 0.15) is 50.8 Å². The molecule has 0 radical (unpaired) electrons. The van der Waals surface area contributed by atoms with Gasteiger partial charge in [0.1, 0.15) is 0 Å². The summed E-state index contributed by atoms with van der Waals surface area (Å²) in [6, 6.07) is 6.06. The van der Waals surface area contributed by atoms with Gasteiger partial charge in [0.25, 0.3) is 0 Å². The highest BCUT2D eigenvalue weighted by molar-refractivity contribution is 5.64. The summed E-state index contributed by atoms with van der Waals surface area (Å²) in [5.41, 5.74) is 8.34. The van der Waals surface area contributed by atoms with Crippen molar-refractivity contribution in [3.05, 3.63) is 24.0 Å². The van der Waals surface area contributed by atoms with Crippen LogP contribution in [0.25, 0.3) is 11.3 Å². The van der Waals surface area contributed by atoms with Crippen molar-refractivity contribution in [1.82, 2.24) is 24.6 Å². The SMILES string of the molecule is CC(C)n1nc(-c2cnc(N)c(OC(F)F)c2)cc1[C@H]1[C@@H]2C[C@H](N3C[C@@H]4CC3CN4C)C[C@@H]21. The second-order valence-electron chi connectivity index (χ2n) is 10.6. The third-order valence-electron chi connectivity index (χ3n) is 8.43. The van der Waals surface area contributed by atoms with Gasteiger partial charge in [-0.2, -0.15) is 13.9 Å². The maximum Gasteiger partial charge on any atom is 0.387 e. The lowest BCUT2D eigenvalue weighted by atomic mass is 10.0. The standard InChI is InChI=1S/C24H32F2N6O/c1-12(2)32-20(8-19(29-32)13-4-21(33-24(25)26)23(27)28-9-13)22-17-6-14(7-18(17)22)31-11-15-5-16(31)10-30(15)3/h4,8-9,12,14-18,22,24H,5-7,10-11H2,1-3H3,(H2,27,28)/t14-,15-,16?,17+,18-,22-/m0/s1. The van der Waals surface area contributed by atoms with E-state index in [0.29, 0.717) is 11.5 Å². The molecule has 33 heavy (non-hydrogen) atoms. The van der Waals surface area contributed by atoms with Crippen LogP contribution >= 0.6 is 0 Å². The third kappa shape index (κ3) is 3.51. The second kappa shape index (κ2) is 7.63. The van der Waals surface area contributed by atoms with Crippen molar-refractivity contribution in [1.29, 1.82) is 0 Å². The number of hydrogen-bond donors (Lipinski definition) is 1. The topological polar surface area (TPSA) is 72.4 Å². The number of hydrogen-bond acceptors (Lipinski definition) is 6. The molecule has 4 aliphatic rings. The molecule has 0 spiro atoms. The molecule has 4 heterocycles. The summed E-state index contributed by atoms with van der Waals surface area (Å²) >= 11 is 0. The van der Waals surface area contributed by atoms with Crippen LogP contribution in [0.3, 0.4) is 0 Å². The van der Waals surface area contributed by atoms with Gasteiger partial charge >= 0.3 is 6.61 Å². The molecular weight excluding hydrogens is 426 g/mol. The summed E-state index contributed by atoms with van der Waals surface area (Å²) in [6.07, 6.45) is 5.46. The first-order valence-electron chi connectivity index (χ1n) is 12.1. The molecule has 1 unspecified atom stereocenters. The Kier molecular flexibility index (Phi) is 4.92. The lowest BCUT2D eigenvalue weighted by Gasteiger charge is -2.37. The molecule has 4 fully saturated rings. The summed E-state index contributed by atoms with van der Waals surface area (Å²) in [6.45, 7) is 3.77. The molecule has 2 saturated carbocycles. The van der Waals surface area contributed by atoms with Gasteiger partial charge in [0.2, 0.25) is 0 Å². The van der Waals surface area contributed by atoms with E-state index in [9.17, 15) is 8.78 Å². The quantitative estimate of drug-likeness (QED) is 0.713. The van der Waals surface area contributed by atoms with Crippen LogP contribution in [-0.2, 0) is 0 Å². The minimum Gasteiger partial charge on any atom is -0.431 e. The zero-order valence-electron chi connectivity index (χ0n) is 19.4. The Hall–Kier alpha value is -2.26. The molecule has 6 rings (SSSR count). The largest absolute Gasteiger partial charge is 0.431 e. The van der Waals surface area contributed by atoms with Gasteiger partial charge in [-0.05, 0) is 64.1 Å². The number of likely N-dealkylation sites (tertiary alicyclic amines) is 2. The fraction of sp³-hybridized carbons (Fsp3) is 0.667. The predicted molar refractivity (Wildman–Crippen MR) is 121 cm³/mol. The van der Waals surface area contributed by atoms with Crippen molar-refractivity contribution in [2.24, 2.45) is 11.8 Å². The normalized spacial score (nSPS) is 33.4. The van der Waals surface area contributed by atoms with E-state index in [2.05, 4.69) is 51.2 Å². The van der Waals surface area contributed by atoms with Gasteiger partial charge in [0.05, 0.1) is 5.69 Å². The molecule has 7 nitrogen and oxygen atoms in total. The maximum atomic E-state index is 12.7. The highest BCUT2D eigenvalue weighted by Crippen LogP contribution is 2.64. The summed E-state index contributed by atoms with van der Waals surface area (Å²) < 4.78 is 32.1. The number of ether oxygens (including phenoxy) is 1. The molecule has 6 atom stereocenters. The average molecular weight is 459 g/mol. The minimum absolute atomic E-state index is 0.0489. The Bertz CT molecular complexity index is 1040. The van der Waals surface area contributed by atoms with E-state index in [1.54, 1.807) is 6.20 Å². The fourth-order valence-corrected chi connectivity index (χ4v) is 6.86. The average Bonchev–Trinajstić information content (AvgIpc) is 3.29.